The number of aryl methyl sites for hydroxylation is 2. The van der Waals surface area contributed by atoms with Gasteiger partial charge in [-0.3, -0.25) is 9.48 Å². The minimum Gasteiger partial charge on any atom is -0.395 e. The zero-order chi connectivity index (χ0) is 15.4. The Morgan fingerprint density at radius 2 is 2.36 bits per heavy atom. The van der Waals surface area contributed by atoms with E-state index < -0.39 is 0 Å². The highest BCUT2D eigenvalue weighted by Crippen LogP contribution is 2.27. The number of carbonyl (C=O) groups excluding carboxylic acids is 1. The van der Waals surface area contributed by atoms with Crippen LogP contribution in [0.5, 0.6) is 0 Å². The lowest BCUT2D eigenvalue weighted by Gasteiger charge is -2.03. The first kappa shape index (κ1) is 15.0. The number of thiazole rings is 1. The van der Waals surface area contributed by atoms with Gasteiger partial charge in [0.25, 0.3) is 0 Å². The van der Waals surface area contributed by atoms with Gasteiger partial charge < -0.3 is 15.7 Å². The Labute approximate surface area is 132 Å². The smallest absolute Gasteiger partial charge is 0.241 e. The molecule has 0 aliphatic heterocycles. The van der Waals surface area contributed by atoms with Crippen LogP contribution in [0.15, 0.2) is 12.4 Å². The summed E-state index contributed by atoms with van der Waals surface area (Å²) in [6.45, 7) is 1.03. The normalized spacial score (nSPS) is 13.1. The molecule has 0 radical (unpaired) electrons. The zero-order valence-electron chi connectivity index (χ0n) is 12.2. The fourth-order valence-electron chi connectivity index (χ4n) is 2.44. The molecule has 22 heavy (non-hydrogen) atoms. The maximum absolute atomic E-state index is 11.5. The molecule has 0 saturated carbocycles. The van der Waals surface area contributed by atoms with Crippen LogP contribution in [0.1, 0.15) is 22.0 Å². The fourth-order valence-corrected chi connectivity index (χ4v) is 3.53. The summed E-state index contributed by atoms with van der Waals surface area (Å²) in [7, 11) is 0. The van der Waals surface area contributed by atoms with E-state index in [0.717, 1.165) is 23.5 Å². The maximum Gasteiger partial charge on any atom is 0.241 e. The molecule has 0 bridgehead atoms. The number of rotatable bonds is 7. The minimum absolute atomic E-state index is 0.0601. The fraction of sp³-hybridized carbons (Fsp3) is 0.500. The van der Waals surface area contributed by atoms with Crippen molar-refractivity contribution in [2.75, 3.05) is 18.5 Å². The third-order valence-electron chi connectivity index (χ3n) is 3.46. The molecular formula is C14H19N5O2S. The van der Waals surface area contributed by atoms with Gasteiger partial charge in [0, 0.05) is 17.6 Å². The number of nitrogens with one attached hydrogen (secondary N) is 2. The standard InChI is InChI=1S/C14H19N5O2S/c20-5-4-15-13(21)9-19-8-10(6-17-19)16-7-14-18-11-2-1-3-12(11)22-14/h6,8,16,20H,1-5,7,9H2,(H,15,21). The van der Waals surface area contributed by atoms with Crippen molar-refractivity contribution in [1.82, 2.24) is 20.1 Å². The average Bonchev–Trinajstić information content (AvgIpc) is 3.18. The first-order valence-corrected chi connectivity index (χ1v) is 8.17. The van der Waals surface area contributed by atoms with Gasteiger partial charge in [0.15, 0.2) is 0 Å². The Morgan fingerprint density at radius 1 is 1.45 bits per heavy atom. The van der Waals surface area contributed by atoms with E-state index in [0.29, 0.717) is 6.54 Å². The predicted molar refractivity (Wildman–Crippen MR) is 83.8 cm³/mol. The molecule has 0 atom stereocenters. The molecule has 3 N–H and O–H groups in total. The third-order valence-corrected chi connectivity index (χ3v) is 4.61. The van der Waals surface area contributed by atoms with E-state index in [1.54, 1.807) is 28.4 Å². The second kappa shape index (κ2) is 6.89. The maximum atomic E-state index is 11.5. The number of aliphatic hydroxyl groups is 1. The lowest BCUT2D eigenvalue weighted by Crippen LogP contribution is -2.30. The molecule has 2 aromatic rings. The van der Waals surface area contributed by atoms with Crippen molar-refractivity contribution < 1.29 is 9.90 Å². The summed E-state index contributed by atoms with van der Waals surface area (Å²) in [6.07, 6.45) is 6.98. The molecule has 2 heterocycles. The number of hydrogen-bond acceptors (Lipinski definition) is 6. The molecule has 0 fully saturated rings. The molecule has 0 unspecified atom stereocenters. The first-order chi connectivity index (χ1) is 10.7. The highest BCUT2D eigenvalue weighted by atomic mass is 32.1. The zero-order valence-corrected chi connectivity index (χ0v) is 13.0. The van der Waals surface area contributed by atoms with E-state index in [1.807, 2.05) is 0 Å². The summed E-state index contributed by atoms with van der Waals surface area (Å²) in [4.78, 5) is 17.6. The van der Waals surface area contributed by atoms with Gasteiger partial charge in [0.1, 0.15) is 11.6 Å². The van der Waals surface area contributed by atoms with Crippen molar-refractivity contribution >= 4 is 22.9 Å². The highest BCUT2D eigenvalue weighted by molar-refractivity contribution is 7.11. The average molecular weight is 321 g/mol. The molecular weight excluding hydrogens is 302 g/mol. The van der Waals surface area contributed by atoms with Crippen LogP contribution < -0.4 is 10.6 Å². The van der Waals surface area contributed by atoms with Crippen LogP contribution in [0.4, 0.5) is 5.69 Å². The molecule has 1 amide bonds. The summed E-state index contributed by atoms with van der Waals surface area (Å²) in [6, 6.07) is 0. The Bertz CT molecular complexity index is 630. The van der Waals surface area contributed by atoms with Gasteiger partial charge >= 0.3 is 0 Å². The van der Waals surface area contributed by atoms with E-state index in [-0.39, 0.29) is 25.6 Å². The molecule has 8 heteroatoms. The number of nitrogens with zero attached hydrogens (tertiary/aromatic N) is 3. The lowest BCUT2D eigenvalue weighted by molar-refractivity contribution is -0.122. The summed E-state index contributed by atoms with van der Waals surface area (Å²) in [5.41, 5.74) is 2.13. The second-order valence-corrected chi connectivity index (χ2v) is 6.35. The summed E-state index contributed by atoms with van der Waals surface area (Å²) < 4.78 is 1.57. The topological polar surface area (TPSA) is 92.1 Å². The number of aliphatic hydroxyl groups excluding tert-OH is 1. The molecule has 3 rings (SSSR count). The molecule has 7 nitrogen and oxygen atoms in total. The second-order valence-electron chi connectivity index (χ2n) is 5.18. The van der Waals surface area contributed by atoms with E-state index in [1.165, 1.54) is 17.0 Å². The molecule has 1 aliphatic carbocycles. The summed E-state index contributed by atoms with van der Waals surface area (Å²) in [5, 5.41) is 19.8. The van der Waals surface area contributed by atoms with E-state index in [2.05, 4.69) is 20.7 Å². The van der Waals surface area contributed by atoms with Crippen LogP contribution in [0.25, 0.3) is 0 Å². The van der Waals surface area contributed by atoms with Crippen LogP contribution in [0.3, 0.4) is 0 Å². The molecule has 2 aromatic heterocycles. The molecule has 118 valence electrons. The van der Waals surface area contributed by atoms with Crippen molar-refractivity contribution in [2.24, 2.45) is 0 Å². The molecule has 0 aromatic carbocycles. The Kier molecular flexibility index (Phi) is 4.69. The van der Waals surface area contributed by atoms with E-state index in [4.69, 9.17) is 5.11 Å². The van der Waals surface area contributed by atoms with Crippen LogP contribution in [0, 0.1) is 0 Å². The summed E-state index contributed by atoms with van der Waals surface area (Å²) in [5.74, 6) is -0.167. The van der Waals surface area contributed by atoms with Crippen molar-refractivity contribution in [1.29, 1.82) is 0 Å². The number of aromatic nitrogens is 3. The number of amides is 1. The Balaban J connectivity index is 1.49. The molecule has 1 aliphatic rings. The van der Waals surface area contributed by atoms with Crippen LogP contribution in [0.2, 0.25) is 0 Å². The van der Waals surface area contributed by atoms with Crippen molar-refractivity contribution in [2.45, 2.75) is 32.4 Å². The SMILES string of the molecule is O=C(Cn1cc(NCc2nc3c(s2)CCC3)cn1)NCCO. The number of hydrogen-bond donors (Lipinski definition) is 3. The number of fused-ring (bicyclic) bond motifs is 1. The lowest BCUT2D eigenvalue weighted by atomic mass is 10.4. The van der Waals surface area contributed by atoms with E-state index in [9.17, 15) is 4.79 Å². The Hall–Kier alpha value is -1.93. The van der Waals surface area contributed by atoms with Gasteiger partial charge in [-0.25, -0.2) is 4.98 Å². The van der Waals surface area contributed by atoms with Gasteiger partial charge in [-0.05, 0) is 19.3 Å². The van der Waals surface area contributed by atoms with Crippen LogP contribution in [-0.4, -0.2) is 38.9 Å². The molecule has 0 spiro atoms. The highest BCUT2D eigenvalue weighted by Gasteiger charge is 2.16. The van der Waals surface area contributed by atoms with Gasteiger partial charge in [-0.1, -0.05) is 0 Å². The number of anilines is 1. The quantitative estimate of drug-likeness (QED) is 0.692. The van der Waals surface area contributed by atoms with Crippen LogP contribution in [-0.2, 0) is 30.7 Å². The van der Waals surface area contributed by atoms with Crippen molar-refractivity contribution in [3.8, 4) is 0 Å². The minimum atomic E-state index is -0.167. The Morgan fingerprint density at radius 3 is 3.18 bits per heavy atom. The predicted octanol–water partition coefficient (Wildman–Crippen LogP) is 0.549. The van der Waals surface area contributed by atoms with Crippen LogP contribution >= 0.6 is 11.3 Å². The van der Waals surface area contributed by atoms with Gasteiger partial charge in [-0.15, -0.1) is 11.3 Å². The first-order valence-electron chi connectivity index (χ1n) is 7.36. The third kappa shape index (κ3) is 3.63. The largest absolute Gasteiger partial charge is 0.395 e. The molecule has 0 saturated heterocycles. The summed E-state index contributed by atoms with van der Waals surface area (Å²) >= 11 is 1.78. The van der Waals surface area contributed by atoms with E-state index >= 15 is 0 Å². The number of carbonyl (C=O) groups is 1. The van der Waals surface area contributed by atoms with Gasteiger partial charge in [0.05, 0.1) is 30.7 Å². The monoisotopic (exact) mass is 321 g/mol. The van der Waals surface area contributed by atoms with Crippen molar-refractivity contribution in [3.63, 3.8) is 0 Å². The van der Waals surface area contributed by atoms with Gasteiger partial charge in [0.2, 0.25) is 5.91 Å². The van der Waals surface area contributed by atoms with Gasteiger partial charge in [-0.2, -0.15) is 5.10 Å². The van der Waals surface area contributed by atoms with Crippen molar-refractivity contribution in [3.05, 3.63) is 28.0 Å².